The zero-order valence-corrected chi connectivity index (χ0v) is 18.6. The van der Waals surface area contributed by atoms with Gasteiger partial charge in [0.15, 0.2) is 0 Å². The Labute approximate surface area is 192 Å². The topological polar surface area (TPSA) is 95.7 Å². The van der Waals surface area contributed by atoms with Crippen molar-refractivity contribution in [1.82, 2.24) is 25.3 Å². The summed E-state index contributed by atoms with van der Waals surface area (Å²) in [5.74, 6) is 1.79. The molecule has 166 valence electrons. The van der Waals surface area contributed by atoms with E-state index >= 15 is 0 Å². The average molecular weight is 440 g/mol. The van der Waals surface area contributed by atoms with Gasteiger partial charge in [-0.3, -0.25) is 9.78 Å². The van der Waals surface area contributed by atoms with Crippen LogP contribution in [-0.4, -0.2) is 52.5 Å². The van der Waals surface area contributed by atoms with Crippen LogP contribution in [0.5, 0.6) is 0 Å². The molecule has 1 atom stereocenters. The van der Waals surface area contributed by atoms with E-state index in [0.29, 0.717) is 12.1 Å². The molecule has 1 aromatic carbocycles. The van der Waals surface area contributed by atoms with E-state index in [-0.39, 0.29) is 11.8 Å². The van der Waals surface area contributed by atoms with Crippen LogP contribution in [0.25, 0.3) is 22.2 Å². The largest absolute Gasteiger partial charge is 0.369 e. The van der Waals surface area contributed by atoms with Crippen molar-refractivity contribution in [2.75, 3.05) is 36.9 Å². The predicted molar refractivity (Wildman–Crippen MR) is 130 cm³/mol. The Morgan fingerprint density at radius 1 is 1.09 bits per heavy atom. The number of aromatic nitrogens is 4. The molecular formula is C25H25N7O. The van der Waals surface area contributed by atoms with Gasteiger partial charge in [0.25, 0.3) is 5.91 Å². The van der Waals surface area contributed by atoms with Crippen molar-refractivity contribution in [2.24, 2.45) is 0 Å². The zero-order chi connectivity index (χ0) is 22.8. The molecule has 5 rings (SSSR count). The molecular weight excluding hydrogens is 414 g/mol. The van der Waals surface area contributed by atoms with Crippen molar-refractivity contribution in [3.8, 4) is 11.3 Å². The number of rotatable bonds is 7. The first-order valence-electron chi connectivity index (χ1n) is 11.0. The third-order valence-electron chi connectivity index (χ3n) is 5.88. The van der Waals surface area contributed by atoms with Gasteiger partial charge in [-0.05, 0) is 23.8 Å². The molecule has 1 aliphatic rings. The zero-order valence-electron chi connectivity index (χ0n) is 18.6. The minimum absolute atomic E-state index is 0.115. The Morgan fingerprint density at radius 2 is 1.97 bits per heavy atom. The maximum absolute atomic E-state index is 12.3. The molecule has 3 aromatic heterocycles. The lowest BCUT2D eigenvalue weighted by atomic mass is 9.96. The summed E-state index contributed by atoms with van der Waals surface area (Å²) in [6.07, 6.45) is 5.11. The number of hydrogen-bond acceptors (Lipinski definition) is 7. The molecule has 0 radical (unpaired) electrons. The lowest BCUT2D eigenvalue weighted by Gasteiger charge is -2.16. The molecule has 1 aliphatic heterocycles. The number of amides is 1. The summed E-state index contributed by atoms with van der Waals surface area (Å²) in [4.78, 5) is 32.3. The summed E-state index contributed by atoms with van der Waals surface area (Å²) < 4.78 is 0. The molecule has 33 heavy (non-hydrogen) atoms. The molecule has 1 fully saturated rings. The van der Waals surface area contributed by atoms with Crippen LogP contribution in [0.1, 0.15) is 28.8 Å². The molecule has 4 heterocycles. The number of pyridine rings is 2. The summed E-state index contributed by atoms with van der Waals surface area (Å²) >= 11 is 0. The van der Waals surface area contributed by atoms with Crippen LogP contribution < -0.4 is 15.5 Å². The standard InChI is InChI=1S/C25H25N7O/c1-16(18-4-3-5-19-20(25(33)26-2)8-9-27-24(18)19)13-28-22-12-21(30-15-31-22)17-6-7-23(29-14-17)32-10-11-32/h3-9,12,14-16H,10-11,13H2,1-2H3,(H,26,33)(H,28,30,31)/t16-/m1/s1. The van der Waals surface area contributed by atoms with E-state index in [4.69, 9.17) is 0 Å². The fraction of sp³-hybridized carbons (Fsp3) is 0.240. The summed E-state index contributed by atoms with van der Waals surface area (Å²) in [5, 5.41) is 6.97. The fourth-order valence-electron chi connectivity index (χ4n) is 3.91. The number of benzene rings is 1. The number of carbonyl (C=O) groups is 1. The van der Waals surface area contributed by atoms with E-state index < -0.39 is 0 Å². The lowest BCUT2D eigenvalue weighted by molar-refractivity contribution is 0.0964. The minimum atomic E-state index is -0.115. The predicted octanol–water partition coefficient (Wildman–Crippen LogP) is 3.48. The quantitative estimate of drug-likeness (QED) is 0.426. The number of hydrogen-bond donors (Lipinski definition) is 2. The normalized spacial score (nSPS) is 13.6. The highest BCUT2D eigenvalue weighted by Crippen LogP contribution is 2.27. The molecule has 0 aliphatic carbocycles. The van der Waals surface area contributed by atoms with Gasteiger partial charge in [0.2, 0.25) is 0 Å². The fourth-order valence-corrected chi connectivity index (χ4v) is 3.91. The second-order valence-electron chi connectivity index (χ2n) is 8.14. The number of nitrogens with zero attached hydrogens (tertiary/aromatic N) is 5. The maximum atomic E-state index is 12.3. The number of para-hydroxylation sites is 1. The summed E-state index contributed by atoms with van der Waals surface area (Å²) in [6, 6.07) is 13.7. The van der Waals surface area contributed by atoms with Gasteiger partial charge in [0, 0.05) is 62.0 Å². The van der Waals surface area contributed by atoms with Crippen molar-refractivity contribution in [3.05, 3.63) is 72.3 Å². The smallest absolute Gasteiger partial charge is 0.251 e. The molecule has 0 unspecified atom stereocenters. The highest BCUT2D eigenvalue weighted by atomic mass is 16.1. The molecule has 8 nitrogen and oxygen atoms in total. The highest BCUT2D eigenvalue weighted by molar-refractivity contribution is 6.06. The van der Waals surface area contributed by atoms with Gasteiger partial charge in [-0.15, -0.1) is 0 Å². The number of carbonyl (C=O) groups excluding carboxylic acids is 1. The Hall–Kier alpha value is -4.07. The third-order valence-corrected chi connectivity index (χ3v) is 5.88. The van der Waals surface area contributed by atoms with E-state index in [9.17, 15) is 4.79 Å². The van der Waals surface area contributed by atoms with Crippen LogP contribution in [-0.2, 0) is 0 Å². The first-order chi connectivity index (χ1) is 16.1. The van der Waals surface area contributed by atoms with Crippen LogP contribution in [0, 0.1) is 0 Å². The molecule has 1 saturated heterocycles. The van der Waals surface area contributed by atoms with Gasteiger partial charge in [0.1, 0.15) is 18.0 Å². The SMILES string of the molecule is CNC(=O)c1ccnc2c([C@H](C)CNc3cc(-c4ccc(N5CC5)nc4)ncn3)cccc12. The molecule has 0 bridgehead atoms. The van der Waals surface area contributed by atoms with Crippen LogP contribution in [0.15, 0.2) is 61.2 Å². The molecule has 0 spiro atoms. The summed E-state index contributed by atoms with van der Waals surface area (Å²) in [5.41, 5.74) is 4.33. The van der Waals surface area contributed by atoms with Gasteiger partial charge in [-0.1, -0.05) is 25.1 Å². The first-order valence-corrected chi connectivity index (χ1v) is 11.0. The number of anilines is 2. The molecule has 8 heteroatoms. The second kappa shape index (κ2) is 8.82. The lowest BCUT2D eigenvalue weighted by Crippen LogP contribution is -2.18. The van der Waals surface area contributed by atoms with E-state index in [1.54, 1.807) is 25.6 Å². The van der Waals surface area contributed by atoms with E-state index in [1.807, 2.05) is 36.5 Å². The Kier molecular flexibility index (Phi) is 5.56. The number of nitrogens with one attached hydrogen (secondary N) is 2. The van der Waals surface area contributed by atoms with Crippen molar-refractivity contribution >= 4 is 28.4 Å². The van der Waals surface area contributed by atoms with Crippen molar-refractivity contribution < 1.29 is 4.79 Å². The van der Waals surface area contributed by atoms with Gasteiger partial charge >= 0.3 is 0 Å². The Morgan fingerprint density at radius 3 is 2.73 bits per heavy atom. The van der Waals surface area contributed by atoms with Crippen LogP contribution in [0.4, 0.5) is 11.6 Å². The monoisotopic (exact) mass is 439 g/mol. The van der Waals surface area contributed by atoms with E-state index in [0.717, 1.165) is 52.4 Å². The molecule has 4 aromatic rings. The summed E-state index contributed by atoms with van der Waals surface area (Å²) in [7, 11) is 1.64. The summed E-state index contributed by atoms with van der Waals surface area (Å²) in [6.45, 7) is 4.94. The van der Waals surface area contributed by atoms with Crippen molar-refractivity contribution in [1.29, 1.82) is 0 Å². The minimum Gasteiger partial charge on any atom is -0.369 e. The Balaban J connectivity index is 1.33. The van der Waals surface area contributed by atoms with Crippen molar-refractivity contribution in [2.45, 2.75) is 12.8 Å². The van der Waals surface area contributed by atoms with Crippen LogP contribution in [0.2, 0.25) is 0 Å². The third kappa shape index (κ3) is 4.32. The van der Waals surface area contributed by atoms with Crippen molar-refractivity contribution in [3.63, 3.8) is 0 Å². The molecule has 0 saturated carbocycles. The molecule has 2 N–H and O–H groups in total. The second-order valence-corrected chi connectivity index (χ2v) is 8.14. The first kappa shape index (κ1) is 20.8. The molecule has 1 amide bonds. The van der Waals surface area contributed by atoms with E-state index in [1.165, 1.54) is 0 Å². The Bertz CT molecular complexity index is 1300. The average Bonchev–Trinajstić information content (AvgIpc) is 3.72. The van der Waals surface area contributed by atoms with Gasteiger partial charge < -0.3 is 15.5 Å². The number of fused-ring (bicyclic) bond motifs is 1. The van der Waals surface area contributed by atoms with E-state index in [2.05, 4.69) is 48.5 Å². The highest BCUT2D eigenvalue weighted by Gasteiger charge is 2.19. The maximum Gasteiger partial charge on any atom is 0.251 e. The van der Waals surface area contributed by atoms with Gasteiger partial charge in [-0.25, -0.2) is 15.0 Å². The van der Waals surface area contributed by atoms with Crippen LogP contribution >= 0.6 is 0 Å². The van der Waals surface area contributed by atoms with Gasteiger partial charge in [0.05, 0.1) is 16.8 Å². The van der Waals surface area contributed by atoms with Gasteiger partial charge in [-0.2, -0.15) is 0 Å². The van der Waals surface area contributed by atoms with Crippen LogP contribution in [0.3, 0.4) is 0 Å².